The monoisotopic (exact) mass is 334 g/mol. The highest BCUT2D eigenvalue weighted by Gasteiger charge is 2.50. The summed E-state index contributed by atoms with van der Waals surface area (Å²) in [6.45, 7) is 4.35. The number of rotatable bonds is 7. The molecule has 2 heteroatoms. The van der Waals surface area contributed by atoms with Crippen molar-refractivity contribution in [1.82, 2.24) is 0 Å². The van der Waals surface area contributed by atoms with Gasteiger partial charge in [0.2, 0.25) is 0 Å². The number of ether oxygens (including phenoxy) is 2. The highest BCUT2D eigenvalue weighted by Crippen LogP contribution is 2.52. The summed E-state index contributed by atoms with van der Waals surface area (Å²) in [6.07, 6.45) is 8.66. The van der Waals surface area contributed by atoms with Crippen LogP contribution in [0.3, 0.4) is 0 Å². The lowest BCUT2D eigenvalue weighted by atomic mass is 9.77. The quantitative estimate of drug-likeness (QED) is 0.496. The smallest absolute Gasteiger partial charge is 0.147 e. The molecule has 2 aromatic rings. The molecule has 0 aliphatic heterocycles. The van der Waals surface area contributed by atoms with Crippen LogP contribution in [0.5, 0.6) is 0 Å². The average molecular weight is 334 g/mol. The Balaban J connectivity index is 1.99. The fraction of sp³-hybridized carbons (Fsp3) is 0.304. The summed E-state index contributed by atoms with van der Waals surface area (Å²) in [7, 11) is 1.67. The van der Waals surface area contributed by atoms with E-state index in [0.29, 0.717) is 0 Å². The third-order valence-corrected chi connectivity index (χ3v) is 5.14. The molecule has 3 atom stereocenters. The zero-order chi connectivity index (χ0) is 17.5. The van der Waals surface area contributed by atoms with Crippen molar-refractivity contribution < 1.29 is 9.47 Å². The number of hydrogen-bond acceptors (Lipinski definition) is 2. The molecule has 3 rings (SSSR count). The van der Waals surface area contributed by atoms with E-state index >= 15 is 0 Å². The second-order valence-electron chi connectivity index (χ2n) is 6.51. The Morgan fingerprint density at radius 1 is 1.00 bits per heavy atom. The molecule has 0 N–H and O–H groups in total. The zero-order valence-corrected chi connectivity index (χ0v) is 14.8. The third kappa shape index (κ3) is 3.60. The first kappa shape index (κ1) is 17.7. The van der Waals surface area contributed by atoms with Gasteiger partial charge in [0.25, 0.3) is 0 Å². The van der Waals surface area contributed by atoms with Crippen LogP contribution in [0.4, 0.5) is 0 Å². The van der Waals surface area contributed by atoms with Gasteiger partial charge in [-0.3, -0.25) is 0 Å². The fourth-order valence-electron chi connectivity index (χ4n) is 3.97. The van der Waals surface area contributed by atoms with Crippen LogP contribution in [-0.4, -0.2) is 13.9 Å². The van der Waals surface area contributed by atoms with Gasteiger partial charge >= 0.3 is 0 Å². The predicted octanol–water partition coefficient (Wildman–Crippen LogP) is 5.43. The van der Waals surface area contributed by atoms with Gasteiger partial charge < -0.3 is 9.47 Å². The summed E-state index contributed by atoms with van der Waals surface area (Å²) in [5, 5.41) is 0. The topological polar surface area (TPSA) is 18.5 Å². The first-order valence-corrected chi connectivity index (χ1v) is 8.85. The molecule has 0 spiro atoms. The van der Waals surface area contributed by atoms with E-state index in [4.69, 9.17) is 9.47 Å². The molecule has 1 fully saturated rings. The summed E-state index contributed by atoms with van der Waals surface area (Å²) >= 11 is 0. The van der Waals surface area contributed by atoms with Crippen molar-refractivity contribution >= 4 is 6.08 Å². The van der Waals surface area contributed by atoms with Crippen molar-refractivity contribution in [2.75, 3.05) is 13.9 Å². The Bertz CT molecular complexity index is 693. The minimum absolute atomic E-state index is 0.260. The SMILES string of the molecule is C=C[C@H]1CC[C@@H](/C=C/c2ccccc2)[C@]1(OCOC)c1ccccc1. The van der Waals surface area contributed by atoms with E-state index in [-0.39, 0.29) is 18.6 Å². The first-order valence-electron chi connectivity index (χ1n) is 8.85. The molecule has 2 aromatic carbocycles. The Morgan fingerprint density at radius 3 is 2.28 bits per heavy atom. The molecule has 0 amide bonds. The highest BCUT2D eigenvalue weighted by molar-refractivity contribution is 5.50. The zero-order valence-electron chi connectivity index (χ0n) is 14.8. The van der Waals surface area contributed by atoms with Crippen molar-refractivity contribution in [3.05, 3.63) is 90.5 Å². The normalized spacial score (nSPS) is 26.1. The van der Waals surface area contributed by atoms with Crippen LogP contribution in [0.25, 0.3) is 6.08 Å². The van der Waals surface area contributed by atoms with Crippen molar-refractivity contribution in [3.8, 4) is 0 Å². The average Bonchev–Trinajstić information content (AvgIpc) is 3.04. The Labute approximate surface area is 150 Å². The summed E-state index contributed by atoms with van der Waals surface area (Å²) in [4.78, 5) is 0. The molecule has 0 aromatic heterocycles. The Morgan fingerprint density at radius 2 is 1.64 bits per heavy atom. The molecule has 1 saturated carbocycles. The van der Waals surface area contributed by atoms with E-state index < -0.39 is 5.60 Å². The molecule has 2 nitrogen and oxygen atoms in total. The largest absolute Gasteiger partial charge is 0.359 e. The molecular formula is C23H26O2. The minimum atomic E-state index is -0.426. The summed E-state index contributed by atoms with van der Waals surface area (Å²) in [5.74, 6) is 0.531. The number of benzene rings is 2. The molecule has 0 bridgehead atoms. The van der Waals surface area contributed by atoms with Crippen molar-refractivity contribution in [2.45, 2.75) is 18.4 Å². The lowest BCUT2D eigenvalue weighted by Gasteiger charge is -2.38. The second kappa shape index (κ2) is 8.28. The molecule has 1 aliphatic carbocycles. The van der Waals surface area contributed by atoms with Gasteiger partial charge in [-0.1, -0.05) is 78.9 Å². The molecule has 0 saturated heterocycles. The maximum Gasteiger partial charge on any atom is 0.147 e. The summed E-state index contributed by atoms with van der Waals surface area (Å²) in [6, 6.07) is 20.9. The number of hydrogen-bond donors (Lipinski definition) is 0. The molecule has 0 unspecified atom stereocenters. The van der Waals surface area contributed by atoms with Gasteiger partial charge in [0, 0.05) is 18.9 Å². The van der Waals surface area contributed by atoms with Crippen LogP contribution in [0.15, 0.2) is 79.4 Å². The van der Waals surface area contributed by atoms with Crippen molar-refractivity contribution in [1.29, 1.82) is 0 Å². The molecule has 0 heterocycles. The standard InChI is InChI=1S/C23H26O2/c1-3-20-16-17-22(15-14-19-10-6-4-7-11-19)23(20,25-18-24-2)21-12-8-5-9-13-21/h3-15,20,22H,1,16-18H2,2H3/b15-14+/t20-,22+,23+/m0/s1. The van der Waals surface area contributed by atoms with E-state index in [1.54, 1.807) is 7.11 Å². The van der Waals surface area contributed by atoms with Gasteiger partial charge in [-0.05, 0) is 24.0 Å². The van der Waals surface area contributed by atoms with Gasteiger partial charge in [-0.2, -0.15) is 0 Å². The predicted molar refractivity (Wildman–Crippen MR) is 103 cm³/mol. The van der Waals surface area contributed by atoms with Gasteiger partial charge in [-0.15, -0.1) is 6.58 Å². The number of methoxy groups -OCH3 is 1. The molecule has 25 heavy (non-hydrogen) atoms. The second-order valence-corrected chi connectivity index (χ2v) is 6.51. The van der Waals surface area contributed by atoms with Crippen molar-refractivity contribution in [2.24, 2.45) is 11.8 Å². The molecular weight excluding hydrogens is 308 g/mol. The minimum Gasteiger partial charge on any atom is -0.359 e. The van der Waals surface area contributed by atoms with Gasteiger partial charge in [0.05, 0.1) is 0 Å². The van der Waals surface area contributed by atoms with Crippen LogP contribution in [0.1, 0.15) is 24.0 Å². The first-order chi connectivity index (χ1) is 12.3. The van der Waals surface area contributed by atoms with Gasteiger partial charge in [0.1, 0.15) is 12.4 Å². The van der Waals surface area contributed by atoms with Gasteiger partial charge in [-0.25, -0.2) is 0 Å². The third-order valence-electron chi connectivity index (χ3n) is 5.14. The lowest BCUT2D eigenvalue weighted by molar-refractivity contribution is -0.159. The summed E-state index contributed by atoms with van der Waals surface area (Å²) in [5.41, 5.74) is 1.97. The summed E-state index contributed by atoms with van der Waals surface area (Å²) < 4.78 is 11.7. The maximum absolute atomic E-state index is 6.39. The van der Waals surface area contributed by atoms with Crippen LogP contribution in [0, 0.1) is 11.8 Å². The van der Waals surface area contributed by atoms with E-state index in [9.17, 15) is 0 Å². The van der Waals surface area contributed by atoms with E-state index in [2.05, 4.69) is 67.3 Å². The van der Waals surface area contributed by atoms with Crippen LogP contribution in [-0.2, 0) is 15.1 Å². The fourth-order valence-corrected chi connectivity index (χ4v) is 3.97. The van der Waals surface area contributed by atoms with E-state index in [1.807, 2.05) is 18.2 Å². The molecule has 0 radical (unpaired) electrons. The van der Waals surface area contributed by atoms with E-state index in [0.717, 1.165) is 12.8 Å². The van der Waals surface area contributed by atoms with E-state index in [1.165, 1.54) is 11.1 Å². The Kier molecular flexibility index (Phi) is 5.85. The Hall–Kier alpha value is -2.16. The van der Waals surface area contributed by atoms with Gasteiger partial charge in [0.15, 0.2) is 0 Å². The lowest BCUT2D eigenvalue weighted by Crippen LogP contribution is -2.39. The van der Waals surface area contributed by atoms with Crippen LogP contribution < -0.4 is 0 Å². The molecule has 130 valence electrons. The maximum atomic E-state index is 6.39. The van der Waals surface area contributed by atoms with Crippen molar-refractivity contribution in [3.63, 3.8) is 0 Å². The van der Waals surface area contributed by atoms with Crippen LogP contribution >= 0.6 is 0 Å². The van der Waals surface area contributed by atoms with Crippen LogP contribution in [0.2, 0.25) is 0 Å². The highest BCUT2D eigenvalue weighted by atomic mass is 16.7. The molecule has 1 aliphatic rings.